The van der Waals surface area contributed by atoms with Crippen molar-refractivity contribution in [2.45, 2.75) is 13.3 Å². The predicted molar refractivity (Wildman–Crippen MR) is 116 cm³/mol. The lowest BCUT2D eigenvalue weighted by Gasteiger charge is -2.08. The number of methoxy groups -OCH3 is 1. The van der Waals surface area contributed by atoms with Gasteiger partial charge in [-0.2, -0.15) is 0 Å². The zero-order valence-electron chi connectivity index (χ0n) is 17.4. The molecule has 7 heteroatoms. The van der Waals surface area contributed by atoms with Gasteiger partial charge in [0, 0.05) is 12.2 Å². The molecule has 2 aromatic rings. The highest BCUT2D eigenvalue weighted by molar-refractivity contribution is 6.16. The summed E-state index contributed by atoms with van der Waals surface area (Å²) < 4.78 is 10.3. The maximum Gasteiger partial charge on any atom is 0.340 e. The van der Waals surface area contributed by atoms with Crippen molar-refractivity contribution in [3.05, 3.63) is 82.6 Å². The minimum atomic E-state index is -0.569. The van der Waals surface area contributed by atoms with Crippen LogP contribution in [0, 0.1) is 0 Å². The first-order valence-electron chi connectivity index (χ1n) is 9.84. The van der Waals surface area contributed by atoms with E-state index in [1.54, 1.807) is 37.3 Å². The molecule has 2 amide bonds. The highest BCUT2D eigenvalue weighted by atomic mass is 16.5. The number of carbonyl (C=O) groups is 3. The molecular weight excluding hydrogens is 396 g/mol. The average molecular weight is 420 g/mol. The quantitative estimate of drug-likeness (QED) is 0.505. The number of benzene rings is 2. The summed E-state index contributed by atoms with van der Waals surface area (Å²) in [5.74, 6) is -0.602. The van der Waals surface area contributed by atoms with Crippen LogP contribution in [0.5, 0.6) is 5.75 Å². The normalized spacial score (nSPS) is 14.4. The first kappa shape index (κ1) is 21.8. The number of rotatable bonds is 8. The monoisotopic (exact) mass is 420 g/mol. The zero-order chi connectivity index (χ0) is 22.2. The van der Waals surface area contributed by atoms with Crippen molar-refractivity contribution in [1.82, 2.24) is 10.6 Å². The molecule has 1 aliphatic heterocycles. The number of hydrogen-bond acceptors (Lipinski definition) is 5. The molecule has 0 saturated heterocycles. The Morgan fingerprint density at radius 2 is 1.77 bits per heavy atom. The number of nitrogens with one attached hydrogen (secondary N) is 2. The molecule has 0 aromatic heterocycles. The van der Waals surface area contributed by atoms with Crippen molar-refractivity contribution in [1.29, 1.82) is 0 Å². The fourth-order valence-corrected chi connectivity index (χ4v) is 3.14. The van der Waals surface area contributed by atoms with Crippen LogP contribution in [-0.2, 0) is 25.5 Å². The minimum Gasteiger partial charge on any atom is -0.484 e. The van der Waals surface area contributed by atoms with E-state index in [0.29, 0.717) is 23.6 Å². The van der Waals surface area contributed by atoms with E-state index < -0.39 is 5.97 Å². The van der Waals surface area contributed by atoms with Gasteiger partial charge in [0.05, 0.1) is 18.3 Å². The van der Waals surface area contributed by atoms with Crippen LogP contribution in [0.3, 0.4) is 0 Å². The molecule has 0 saturated carbocycles. The Hall–Kier alpha value is -3.87. The van der Waals surface area contributed by atoms with Crippen LogP contribution in [0.2, 0.25) is 0 Å². The average Bonchev–Trinajstić information content (AvgIpc) is 3.06. The van der Waals surface area contributed by atoms with Gasteiger partial charge >= 0.3 is 5.97 Å². The number of carbonyl (C=O) groups excluding carboxylic acids is 3. The molecule has 0 bridgehead atoms. The third-order valence-electron chi connectivity index (χ3n) is 4.72. The van der Waals surface area contributed by atoms with Gasteiger partial charge in [0.2, 0.25) is 0 Å². The van der Waals surface area contributed by atoms with Crippen molar-refractivity contribution in [2.24, 2.45) is 0 Å². The predicted octanol–water partition coefficient (Wildman–Crippen LogP) is 2.38. The second-order valence-corrected chi connectivity index (χ2v) is 6.95. The fourth-order valence-electron chi connectivity index (χ4n) is 3.14. The first-order chi connectivity index (χ1) is 15.0. The van der Waals surface area contributed by atoms with Crippen molar-refractivity contribution < 1.29 is 23.9 Å². The molecule has 1 heterocycles. The van der Waals surface area contributed by atoms with Crippen LogP contribution in [-0.4, -0.2) is 38.0 Å². The van der Waals surface area contributed by atoms with Gasteiger partial charge in [0.1, 0.15) is 5.75 Å². The van der Waals surface area contributed by atoms with Gasteiger partial charge in [-0.3, -0.25) is 9.59 Å². The maximum atomic E-state index is 12.1. The topological polar surface area (TPSA) is 93.7 Å². The second-order valence-electron chi connectivity index (χ2n) is 6.95. The molecule has 1 aliphatic rings. The molecular formula is C24H24N2O5. The molecule has 3 rings (SSSR count). The lowest BCUT2D eigenvalue weighted by molar-refractivity contribution is -0.136. The van der Waals surface area contributed by atoms with E-state index in [2.05, 4.69) is 10.6 Å². The van der Waals surface area contributed by atoms with E-state index in [-0.39, 0.29) is 29.6 Å². The third-order valence-corrected chi connectivity index (χ3v) is 4.72. The molecule has 0 radical (unpaired) electrons. The lowest BCUT2D eigenvalue weighted by Crippen LogP contribution is -2.30. The van der Waals surface area contributed by atoms with Crippen LogP contribution < -0.4 is 15.4 Å². The number of ether oxygens (including phenoxy) is 2. The van der Waals surface area contributed by atoms with E-state index >= 15 is 0 Å². The van der Waals surface area contributed by atoms with Gasteiger partial charge in [-0.15, -0.1) is 0 Å². The molecule has 7 nitrogen and oxygen atoms in total. The molecule has 160 valence electrons. The highest BCUT2D eigenvalue weighted by Gasteiger charge is 2.30. The second kappa shape index (κ2) is 10.2. The molecule has 0 unspecified atom stereocenters. The van der Waals surface area contributed by atoms with Crippen LogP contribution in [0.4, 0.5) is 0 Å². The van der Waals surface area contributed by atoms with E-state index in [4.69, 9.17) is 9.47 Å². The van der Waals surface area contributed by atoms with Crippen LogP contribution in [0.25, 0.3) is 6.08 Å². The summed E-state index contributed by atoms with van der Waals surface area (Å²) in [6, 6.07) is 16.8. The summed E-state index contributed by atoms with van der Waals surface area (Å²) in [5, 5.41) is 5.45. The van der Waals surface area contributed by atoms with Gasteiger partial charge in [0.25, 0.3) is 11.8 Å². The zero-order valence-corrected chi connectivity index (χ0v) is 17.4. The molecule has 31 heavy (non-hydrogen) atoms. The maximum absolute atomic E-state index is 12.1. The molecule has 0 fully saturated rings. The van der Waals surface area contributed by atoms with Gasteiger partial charge in [-0.25, -0.2) is 4.79 Å². The largest absolute Gasteiger partial charge is 0.484 e. The van der Waals surface area contributed by atoms with Crippen LogP contribution in [0.1, 0.15) is 18.1 Å². The summed E-state index contributed by atoms with van der Waals surface area (Å²) in [4.78, 5) is 36.1. The Balaban J connectivity index is 1.53. The van der Waals surface area contributed by atoms with Gasteiger partial charge in [0.15, 0.2) is 6.61 Å². The number of allylic oxidation sites excluding steroid dienone is 1. The first-order valence-corrected chi connectivity index (χ1v) is 9.84. The van der Waals surface area contributed by atoms with Crippen molar-refractivity contribution >= 4 is 23.9 Å². The smallest absolute Gasteiger partial charge is 0.340 e. The van der Waals surface area contributed by atoms with Gasteiger partial charge in [-0.1, -0.05) is 42.5 Å². The van der Waals surface area contributed by atoms with Crippen molar-refractivity contribution in [3.63, 3.8) is 0 Å². The summed E-state index contributed by atoms with van der Waals surface area (Å²) >= 11 is 0. The summed E-state index contributed by atoms with van der Waals surface area (Å²) in [6.45, 7) is 2.09. The third kappa shape index (κ3) is 5.82. The Morgan fingerprint density at radius 1 is 1.06 bits per heavy atom. The molecule has 0 aliphatic carbocycles. The summed E-state index contributed by atoms with van der Waals surface area (Å²) in [6.07, 6.45) is 2.36. The number of amides is 2. The summed E-state index contributed by atoms with van der Waals surface area (Å²) in [5.41, 5.74) is 2.79. The molecule has 2 aromatic carbocycles. The van der Waals surface area contributed by atoms with Crippen molar-refractivity contribution in [2.75, 3.05) is 20.3 Å². The fraction of sp³-hybridized carbons (Fsp3) is 0.208. The Morgan fingerprint density at radius 3 is 2.45 bits per heavy atom. The summed E-state index contributed by atoms with van der Waals surface area (Å²) in [7, 11) is 1.27. The minimum absolute atomic E-state index is 0.0912. The molecule has 2 N–H and O–H groups in total. The van der Waals surface area contributed by atoms with E-state index in [1.165, 1.54) is 7.11 Å². The Kier molecular flexibility index (Phi) is 7.22. The number of hydrogen-bond donors (Lipinski definition) is 2. The van der Waals surface area contributed by atoms with Crippen molar-refractivity contribution in [3.8, 4) is 5.75 Å². The van der Waals surface area contributed by atoms with Gasteiger partial charge < -0.3 is 20.1 Å². The molecule has 0 spiro atoms. The standard InChI is InChI=1S/C24H24N2O5/c1-16-22(24(29)30-2)20(23(28)26-16)14-18-8-10-19(11-9-18)31-15-21(27)25-13-12-17-6-4-3-5-7-17/h3-11,14H,12-13,15H2,1-2H3,(H,25,27)(H,26,28)/b20-14-. The van der Waals surface area contributed by atoms with Crippen LogP contribution in [0.15, 0.2) is 71.4 Å². The van der Waals surface area contributed by atoms with E-state index in [0.717, 1.165) is 12.0 Å². The SMILES string of the molecule is COC(=O)C1=C(C)NC(=O)/C1=C\c1ccc(OCC(=O)NCCc2ccccc2)cc1. The van der Waals surface area contributed by atoms with Gasteiger partial charge in [-0.05, 0) is 42.7 Å². The van der Waals surface area contributed by atoms with E-state index in [1.807, 2.05) is 30.3 Å². The van der Waals surface area contributed by atoms with E-state index in [9.17, 15) is 14.4 Å². The molecule has 0 atom stereocenters. The Bertz CT molecular complexity index is 1020. The highest BCUT2D eigenvalue weighted by Crippen LogP contribution is 2.25. The Labute approximate surface area is 180 Å². The van der Waals surface area contributed by atoms with Crippen LogP contribution >= 0.6 is 0 Å². The number of esters is 1. The lowest BCUT2D eigenvalue weighted by atomic mass is 10.0.